The number of carbonyl (C=O) groups is 1. The Morgan fingerprint density at radius 3 is 2.62 bits per heavy atom. The molecule has 0 aromatic heterocycles. The van der Waals surface area contributed by atoms with Crippen LogP contribution < -0.4 is 5.32 Å². The van der Waals surface area contributed by atoms with E-state index in [9.17, 15) is 13.2 Å². The predicted octanol–water partition coefficient (Wildman–Crippen LogP) is 1.44. The highest BCUT2D eigenvalue weighted by Gasteiger charge is 2.23. The molecule has 0 bridgehead atoms. The summed E-state index contributed by atoms with van der Waals surface area (Å²) in [6.45, 7) is 1.47. The van der Waals surface area contributed by atoms with Gasteiger partial charge < -0.3 is 10.1 Å². The highest BCUT2D eigenvalue weighted by atomic mass is 35.5. The fourth-order valence-electron chi connectivity index (χ4n) is 2.55. The molecular formula is C16H23ClN2O4S. The second-order valence-corrected chi connectivity index (χ2v) is 8.25. The Bertz CT molecular complexity index is 643. The summed E-state index contributed by atoms with van der Waals surface area (Å²) in [5, 5.41) is 3.39. The van der Waals surface area contributed by atoms with E-state index in [4.69, 9.17) is 16.3 Å². The normalized spacial score (nSPS) is 18.0. The number of rotatable bonds is 8. The van der Waals surface area contributed by atoms with Gasteiger partial charge in [0.1, 0.15) is 6.10 Å². The average molecular weight is 375 g/mol. The summed E-state index contributed by atoms with van der Waals surface area (Å²) in [4.78, 5) is 11.9. The number of carbonyl (C=O) groups excluding carboxylic acids is 1. The molecule has 1 aliphatic heterocycles. The third-order valence-electron chi connectivity index (χ3n) is 3.91. The number of nitrogens with zero attached hydrogens (tertiary/aromatic N) is 1. The maximum absolute atomic E-state index is 11.9. The lowest BCUT2D eigenvalue weighted by Crippen LogP contribution is -2.41. The summed E-state index contributed by atoms with van der Waals surface area (Å²) in [6.07, 6.45) is 2.97. The predicted molar refractivity (Wildman–Crippen MR) is 93.6 cm³/mol. The number of nitrogens with one attached hydrogen (secondary N) is 1. The van der Waals surface area contributed by atoms with Gasteiger partial charge in [-0.25, -0.2) is 12.7 Å². The molecule has 1 aliphatic rings. The summed E-state index contributed by atoms with van der Waals surface area (Å²) in [7, 11) is -3.34. The van der Waals surface area contributed by atoms with Gasteiger partial charge in [-0.3, -0.25) is 4.79 Å². The molecule has 0 aliphatic carbocycles. The minimum absolute atomic E-state index is 0.168. The van der Waals surface area contributed by atoms with Crippen molar-refractivity contribution in [2.75, 3.05) is 32.5 Å². The zero-order chi connectivity index (χ0) is 17.6. The van der Waals surface area contributed by atoms with Crippen LogP contribution in [0, 0.1) is 0 Å². The van der Waals surface area contributed by atoms with Crippen LogP contribution in [-0.4, -0.2) is 57.2 Å². The Kier molecular flexibility index (Phi) is 7.03. The van der Waals surface area contributed by atoms with E-state index in [0.717, 1.165) is 18.4 Å². The molecule has 1 saturated heterocycles. The van der Waals surface area contributed by atoms with Crippen LogP contribution in [0.25, 0.3) is 0 Å². The van der Waals surface area contributed by atoms with Crippen molar-refractivity contribution in [3.05, 3.63) is 34.9 Å². The van der Waals surface area contributed by atoms with Gasteiger partial charge >= 0.3 is 0 Å². The molecule has 1 fully saturated rings. The molecule has 1 amide bonds. The maximum Gasteiger partial charge on any atom is 0.249 e. The van der Waals surface area contributed by atoms with Crippen LogP contribution in [0.4, 0.5) is 0 Å². The van der Waals surface area contributed by atoms with Gasteiger partial charge in [0.05, 0.1) is 6.26 Å². The van der Waals surface area contributed by atoms with Crippen LogP contribution in [0.3, 0.4) is 0 Å². The van der Waals surface area contributed by atoms with E-state index in [1.165, 1.54) is 10.6 Å². The molecule has 0 radical (unpaired) electrons. The Hall–Kier alpha value is -1.15. The molecule has 1 aromatic carbocycles. The van der Waals surface area contributed by atoms with Crippen molar-refractivity contribution in [1.82, 2.24) is 9.62 Å². The van der Waals surface area contributed by atoms with E-state index in [1.807, 2.05) is 12.1 Å². The molecular weight excluding hydrogens is 352 g/mol. The first-order chi connectivity index (χ1) is 11.4. The highest BCUT2D eigenvalue weighted by Crippen LogP contribution is 2.12. The average Bonchev–Trinajstić information content (AvgIpc) is 3.05. The Labute approximate surface area is 148 Å². The van der Waals surface area contributed by atoms with Crippen LogP contribution in [0.2, 0.25) is 5.02 Å². The smallest absolute Gasteiger partial charge is 0.249 e. The summed E-state index contributed by atoms with van der Waals surface area (Å²) in [5.41, 5.74) is 1.01. The third-order valence-corrected chi connectivity index (χ3v) is 5.47. The molecule has 0 spiro atoms. The lowest BCUT2D eigenvalue weighted by Gasteiger charge is -2.20. The van der Waals surface area contributed by atoms with E-state index in [1.54, 1.807) is 12.1 Å². The third kappa shape index (κ3) is 6.05. The van der Waals surface area contributed by atoms with Crippen LogP contribution in [0.1, 0.15) is 18.4 Å². The SMILES string of the molecule is CS(=O)(=O)N(CCNC(=O)C1CCCO1)CCc1ccc(Cl)cc1. The molecule has 134 valence electrons. The molecule has 6 nitrogen and oxygen atoms in total. The topological polar surface area (TPSA) is 75.7 Å². The minimum atomic E-state index is -3.34. The largest absolute Gasteiger partial charge is 0.368 e. The van der Waals surface area contributed by atoms with Crippen molar-refractivity contribution in [1.29, 1.82) is 0 Å². The monoisotopic (exact) mass is 374 g/mol. The first-order valence-corrected chi connectivity index (χ1v) is 10.2. The molecule has 2 rings (SSSR count). The molecule has 1 heterocycles. The number of halogens is 1. The number of hydrogen-bond acceptors (Lipinski definition) is 4. The van der Waals surface area contributed by atoms with Gasteiger partial charge in [-0.1, -0.05) is 23.7 Å². The van der Waals surface area contributed by atoms with Crippen LogP contribution in [-0.2, 0) is 26.0 Å². The molecule has 1 atom stereocenters. The van der Waals surface area contributed by atoms with E-state index in [-0.39, 0.29) is 19.0 Å². The fraction of sp³-hybridized carbons (Fsp3) is 0.562. The number of sulfonamides is 1. The second kappa shape index (κ2) is 8.80. The van der Waals surface area contributed by atoms with Gasteiger partial charge in [0.25, 0.3) is 0 Å². The lowest BCUT2D eigenvalue weighted by atomic mass is 10.1. The maximum atomic E-state index is 11.9. The number of benzene rings is 1. The van der Waals surface area contributed by atoms with Crippen LogP contribution in [0.15, 0.2) is 24.3 Å². The van der Waals surface area contributed by atoms with Gasteiger partial charge in [-0.2, -0.15) is 0 Å². The van der Waals surface area contributed by atoms with E-state index in [0.29, 0.717) is 24.6 Å². The first kappa shape index (κ1) is 19.2. The Morgan fingerprint density at radius 1 is 1.33 bits per heavy atom. The molecule has 1 aromatic rings. The molecule has 1 N–H and O–H groups in total. The second-order valence-electron chi connectivity index (χ2n) is 5.83. The van der Waals surface area contributed by atoms with Gasteiger partial charge in [0.2, 0.25) is 15.9 Å². The zero-order valence-electron chi connectivity index (χ0n) is 13.7. The minimum Gasteiger partial charge on any atom is -0.368 e. The van der Waals surface area contributed by atoms with Crippen molar-refractivity contribution in [3.63, 3.8) is 0 Å². The fourth-order valence-corrected chi connectivity index (χ4v) is 3.52. The van der Waals surface area contributed by atoms with Crippen molar-refractivity contribution in [3.8, 4) is 0 Å². The molecule has 1 unspecified atom stereocenters. The summed E-state index contributed by atoms with van der Waals surface area (Å²) < 4.78 is 30.5. The summed E-state index contributed by atoms with van der Waals surface area (Å²) in [6, 6.07) is 7.32. The number of ether oxygens (including phenoxy) is 1. The Morgan fingerprint density at radius 2 is 2.04 bits per heavy atom. The molecule has 24 heavy (non-hydrogen) atoms. The van der Waals surface area contributed by atoms with Crippen molar-refractivity contribution in [2.24, 2.45) is 0 Å². The van der Waals surface area contributed by atoms with Gasteiger partial charge in [0, 0.05) is 31.3 Å². The molecule has 8 heteroatoms. The highest BCUT2D eigenvalue weighted by molar-refractivity contribution is 7.88. The van der Waals surface area contributed by atoms with Gasteiger partial charge in [-0.15, -0.1) is 0 Å². The summed E-state index contributed by atoms with van der Waals surface area (Å²) >= 11 is 5.84. The van der Waals surface area contributed by atoms with Gasteiger partial charge in [0.15, 0.2) is 0 Å². The molecule has 0 saturated carbocycles. The van der Waals surface area contributed by atoms with Crippen LogP contribution >= 0.6 is 11.6 Å². The van der Waals surface area contributed by atoms with Crippen molar-refractivity contribution < 1.29 is 17.9 Å². The number of hydrogen-bond donors (Lipinski definition) is 1. The van der Waals surface area contributed by atoms with E-state index >= 15 is 0 Å². The quantitative estimate of drug-likeness (QED) is 0.747. The van der Waals surface area contributed by atoms with Crippen LogP contribution in [0.5, 0.6) is 0 Å². The lowest BCUT2D eigenvalue weighted by molar-refractivity contribution is -0.130. The first-order valence-electron chi connectivity index (χ1n) is 7.95. The summed E-state index contributed by atoms with van der Waals surface area (Å²) in [5.74, 6) is -0.168. The Balaban J connectivity index is 1.82. The zero-order valence-corrected chi connectivity index (χ0v) is 15.3. The van der Waals surface area contributed by atoms with Crippen molar-refractivity contribution >= 4 is 27.5 Å². The van der Waals surface area contributed by atoms with E-state index in [2.05, 4.69) is 5.32 Å². The van der Waals surface area contributed by atoms with Crippen molar-refractivity contribution in [2.45, 2.75) is 25.4 Å². The number of amides is 1. The standard InChI is InChI=1S/C16H23ClN2O4S/c1-24(21,22)19(10-8-13-4-6-14(17)7-5-13)11-9-18-16(20)15-3-2-12-23-15/h4-7,15H,2-3,8-12H2,1H3,(H,18,20). The van der Waals surface area contributed by atoms with E-state index < -0.39 is 16.1 Å². The van der Waals surface area contributed by atoms with Gasteiger partial charge in [-0.05, 0) is 37.0 Å².